The topological polar surface area (TPSA) is 102 Å². The van der Waals surface area contributed by atoms with Gasteiger partial charge < -0.3 is 9.40 Å². The van der Waals surface area contributed by atoms with Crippen LogP contribution in [-0.4, -0.2) is 29.8 Å². The molecule has 4 aromatic heterocycles. The summed E-state index contributed by atoms with van der Waals surface area (Å²) in [5.41, 5.74) is 3.07. The van der Waals surface area contributed by atoms with E-state index in [1.165, 1.54) is 4.52 Å². The van der Waals surface area contributed by atoms with Crippen LogP contribution < -0.4 is 5.56 Å². The van der Waals surface area contributed by atoms with Crippen LogP contribution in [0.3, 0.4) is 0 Å². The molecule has 0 saturated carbocycles. The lowest BCUT2D eigenvalue weighted by molar-refractivity contribution is 0.582. The van der Waals surface area contributed by atoms with Crippen molar-refractivity contribution in [1.82, 2.24) is 29.8 Å². The summed E-state index contributed by atoms with van der Waals surface area (Å²) in [6, 6.07) is 5.44. The van der Waals surface area contributed by atoms with Crippen LogP contribution in [0.25, 0.3) is 28.7 Å². The van der Waals surface area contributed by atoms with Crippen molar-refractivity contribution in [2.75, 3.05) is 0 Å². The lowest BCUT2D eigenvalue weighted by Gasteiger charge is -2.03. The number of rotatable bonds is 3. The lowest BCUT2D eigenvalue weighted by atomic mass is 10.2. The summed E-state index contributed by atoms with van der Waals surface area (Å²) in [6.07, 6.45) is 3.83. The van der Waals surface area contributed by atoms with Crippen LogP contribution in [0, 0.1) is 6.92 Å². The van der Waals surface area contributed by atoms with E-state index < -0.39 is 0 Å². The van der Waals surface area contributed by atoms with Crippen molar-refractivity contribution < 1.29 is 4.42 Å². The van der Waals surface area contributed by atoms with Crippen molar-refractivity contribution in [2.24, 2.45) is 0 Å². The van der Waals surface area contributed by atoms with Gasteiger partial charge in [-0.2, -0.15) is 9.61 Å². The molecule has 4 rings (SSSR count). The Morgan fingerprint density at radius 1 is 1.25 bits per heavy atom. The number of nitrogens with one attached hydrogen (secondary N) is 1. The van der Waals surface area contributed by atoms with Crippen LogP contribution in [0.5, 0.6) is 0 Å². The molecule has 0 saturated heterocycles. The van der Waals surface area contributed by atoms with Crippen LogP contribution in [0.1, 0.15) is 18.2 Å². The molecule has 1 N–H and O–H groups in total. The fraction of sp³-hybridized carbons (Fsp3) is 0.188. The standard InChI is InChI=1S/C16H14N6O2/c1-3-10-9(2)19-13-11(8-18-22(13)16(10)23)14-20-21-15(24-14)12-6-4-5-7-17-12/h4-8,19H,3H2,1-2H3. The third-order valence-electron chi connectivity index (χ3n) is 3.87. The van der Waals surface area contributed by atoms with E-state index in [4.69, 9.17) is 4.42 Å². The number of aromatic nitrogens is 6. The summed E-state index contributed by atoms with van der Waals surface area (Å²) in [5, 5.41) is 12.2. The Labute approximate surface area is 136 Å². The highest BCUT2D eigenvalue weighted by Gasteiger charge is 2.18. The third kappa shape index (κ3) is 2.11. The molecule has 0 atom stereocenters. The van der Waals surface area contributed by atoms with Gasteiger partial charge >= 0.3 is 0 Å². The Bertz CT molecular complexity index is 1080. The molecule has 0 radical (unpaired) electrons. The monoisotopic (exact) mass is 322 g/mol. The fourth-order valence-corrected chi connectivity index (χ4v) is 2.66. The van der Waals surface area contributed by atoms with Crippen LogP contribution in [0.2, 0.25) is 0 Å². The minimum absolute atomic E-state index is 0.139. The number of aromatic amines is 1. The molecule has 0 bridgehead atoms. The van der Waals surface area contributed by atoms with Crippen LogP contribution >= 0.6 is 0 Å². The summed E-state index contributed by atoms with van der Waals surface area (Å²) in [5.74, 6) is 0.596. The van der Waals surface area contributed by atoms with Crippen molar-refractivity contribution in [1.29, 1.82) is 0 Å². The SMILES string of the molecule is CCc1c(C)[nH]c2c(-c3nnc(-c4ccccn4)o3)cnn2c1=O. The number of hydrogen-bond acceptors (Lipinski definition) is 6. The summed E-state index contributed by atoms with van der Waals surface area (Å²) < 4.78 is 7.02. The molecule has 0 amide bonds. The molecule has 24 heavy (non-hydrogen) atoms. The first-order valence-electron chi connectivity index (χ1n) is 7.53. The second-order valence-corrected chi connectivity index (χ2v) is 5.33. The number of aryl methyl sites for hydroxylation is 1. The van der Waals surface area contributed by atoms with Gasteiger partial charge in [-0.05, 0) is 25.5 Å². The quantitative estimate of drug-likeness (QED) is 0.619. The molecule has 0 aliphatic rings. The molecule has 0 unspecified atom stereocenters. The van der Waals surface area contributed by atoms with Gasteiger partial charge in [-0.1, -0.05) is 13.0 Å². The molecule has 120 valence electrons. The highest BCUT2D eigenvalue weighted by atomic mass is 16.4. The highest BCUT2D eigenvalue weighted by Crippen LogP contribution is 2.25. The van der Waals surface area contributed by atoms with Crippen LogP contribution in [-0.2, 0) is 6.42 Å². The zero-order valence-corrected chi connectivity index (χ0v) is 13.1. The molecule has 4 heterocycles. The Balaban J connectivity index is 1.86. The normalized spacial score (nSPS) is 11.2. The largest absolute Gasteiger partial charge is 0.414 e. The number of fused-ring (bicyclic) bond motifs is 1. The number of nitrogens with zero attached hydrogens (tertiary/aromatic N) is 5. The fourth-order valence-electron chi connectivity index (χ4n) is 2.66. The van der Waals surface area contributed by atoms with Gasteiger partial charge in [0.1, 0.15) is 16.9 Å². The molecule has 4 aromatic rings. The second-order valence-electron chi connectivity index (χ2n) is 5.33. The molecule has 0 fully saturated rings. The molecule has 8 nitrogen and oxygen atoms in total. The Morgan fingerprint density at radius 2 is 2.08 bits per heavy atom. The molecule has 0 aliphatic heterocycles. The average molecular weight is 322 g/mol. The summed E-state index contributed by atoms with van der Waals surface area (Å²) in [7, 11) is 0. The molecule has 0 aliphatic carbocycles. The van der Waals surface area contributed by atoms with E-state index in [0.717, 1.165) is 5.69 Å². The van der Waals surface area contributed by atoms with E-state index in [1.54, 1.807) is 18.5 Å². The first-order chi connectivity index (χ1) is 11.7. The van der Waals surface area contributed by atoms with Crippen molar-refractivity contribution in [3.63, 3.8) is 0 Å². The molecule has 0 aromatic carbocycles. The minimum atomic E-state index is -0.139. The first kappa shape index (κ1) is 14.3. The van der Waals surface area contributed by atoms with Crippen molar-refractivity contribution in [2.45, 2.75) is 20.3 Å². The van der Waals surface area contributed by atoms with Gasteiger partial charge in [0.05, 0.1) is 6.20 Å². The second kappa shape index (κ2) is 5.41. The zero-order valence-electron chi connectivity index (χ0n) is 13.1. The minimum Gasteiger partial charge on any atom is -0.414 e. The van der Waals surface area contributed by atoms with Gasteiger partial charge in [0, 0.05) is 17.5 Å². The van der Waals surface area contributed by atoms with Crippen LogP contribution in [0.4, 0.5) is 0 Å². The zero-order chi connectivity index (χ0) is 16.7. The van der Waals surface area contributed by atoms with Gasteiger partial charge in [-0.3, -0.25) is 9.78 Å². The van der Waals surface area contributed by atoms with Gasteiger partial charge in [0.15, 0.2) is 0 Å². The van der Waals surface area contributed by atoms with Gasteiger partial charge in [-0.15, -0.1) is 10.2 Å². The molecular weight excluding hydrogens is 308 g/mol. The summed E-state index contributed by atoms with van der Waals surface area (Å²) in [6.45, 7) is 3.80. The highest BCUT2D eigenvalue weighted by molar-refractivity contribution is 5.71. The third-order valence-corrected chi connectivity index (χ3v) is 3.87. The Hall–Kier alpha value is -3.29. The van der Waals surface area contributed by atoms with Crippen LogP contribution in [0.15, 0.2) is 39.8 Å². The lowest BCUT2D eigenvalue weighted by Crippen LogP contribution is -2.21. The predicted octanol–water partition coefficient (Wildman–Crippen LogP) is 2.01. The molecule has 8 heteroatoms. The van der Waals surface area contributed by atoms with E-state index in [-0.39, 0.29) is 11.4 Å². The van der Waals surface area contributed by atoms with Gasteiger partial charge in [-0.25, -0.2) is 0 Å². The molecular formula is C16H14N6O2. The maximum atomic E-state index is 12.5. The van der Waals surface area contributed by atoms with Crippen molar-refractivity contribution >= 4 is 5.65 Å². The van der Waals surface area contributed by atoms with E-state index in [1.807, 2.05) is 26.0 Å². The summed E-state index contributed by atoms with van der Waals surface area (Å²) >= 11 is 0. The van der Waals surface area contributed by atoms with E-state index >= 15 is 0 Å². The number of pyridine rings is 1. The number of hydrogen-bond donors (Lipinski definition) is 1. The van der Waals surface area contributed by atoms with Gasteiger partial charge in [0.2, 0.25) is 0 Å². The van der Waals surface area contributed by atoms with Gasteiger partial charge in [0.25, 0.3) is 17.3 Å². The number of H-pyrrole nitrogens is 1. The Kier molecular flexibility index (Phi) is 3.23. The Morgan fingerprint density at radius 3 is 2.83 bits per heavy atom. The smallest absolute Gasteiger partial charge is 0.277 e. The first-order valence-corrected chi connectivity index (χ1v) is 7.53. The predicted molar refractivity (Wildman–Crippen MR) is 86.5 cm³/mol. The van der Waals surface area contributed by atoms with Crippen molar-refractivity contribution in [3.05, 3.63) is 52.2 Å². The van der Waals surface area contributed by atoms with E-state index in [9.17, 15) is 4.79 Å². The molecule has 0 spiro atoms. The van der Waals surface area contributed by atoms with Crippen molar-refractivity contribution in [3.8, 4) is 23.0 Å². The maximum absolute atomic E-state index is 12.5. The van der Waals surface area contributed by atoms with E-state index in [0.29, 0.717) is 34.8 Å². The van der Waals surface area contributed by atoms with E-state index in [2.05, 4.69) is 25.3 Å². The maximum Gasteiger partial charge on any atom is 0.277 e. The summed E-state index contributed by atoms with van der Waals surface area (Å²) in [4.78, 5) is 19.8. The average Bonchev–Trinajstić information content (AvgIpc) is 3.22.